The molecule has 5 rings (SSSR count). The molecule has 1 aliphatic heterocycles. The smallest absolute Gasteiger partial charge is 0.270 e. The van der Waals surface area contributed by atoms with E-state index in [2.05, 4.69) is 4.98 Å². The van der Waals surface area contributed by atoms with Crippen LogP contribution in [0.2, 0.25) is 5.02 Å². The summed E-state index contributed by atoms with van der Waals surface area (Å²) < 4.78 is 2.94. The van der Waals surface area contributed by atoms with E-state index in [1.54, 1.807) is 0 Å². The molecule has 152 valence electrons. The molecule has 7 heteroatoms. The van der Waals surface area contributed by atoms with Crippen molar-refractivity contribution in [2.75, 3.05) is 13.1 Å². The Balaban J connectivity index is 1.30. The number of aromatic nitrogens is 2. The number of carbonyl (C=O) groups excluding carboxylic acids is 2. The van der Waals surface area contributed by atoms with Gasteiger partial charge in [-0.25, -0.2) is 4.98 Å². The van der Waals surface area contributed by atoms with E-state index in [-0.39, 0.29) is 17.6 Å². The van der Waals surface area contributed by atoms with Gasteiger partial charge in [-0.05, 0) is 49.2 Å². The molecule has 4 aromatic rings. The number of halogens is 1. The first-order valence-corrected chi connectivity index (χ1v) is 11.1. The molecule has 0 unspecified atom stereocenters. The van der Waals surface area contributed by atoms with E-state index in [0.717, 1.165) is 21.1 Å². The largest absolute Gasteiger partial charge is 0.340 e. The number of para-hydroxylation sites is 1. The van der Waals surface area contributed by atoms with E-state index in [4.69, 9.17) is 11.6 Å². The number of hydrogen-bond donors (Lipinski definition) is 0. The van der Waals surface area contributed by atoms with E-state index >= 15 is 0 Å². The van der Waals surface area contributed by atoms with Crippen LogP contribution in [0.15, 0.2) is 48.5 Å². The van der Waals surface area contributed by atoms with Crippen molar-refractivity contribution in [2.45, 2.75) is 12.8 Å². The van der Waals surface area contributed by atoms with Crippen LogP contribution < -0.4 is 0 Å². The second-order valence-corrected chi connectivity index (χ2v) is 9.18. The number of rotatable bonds is 3. The quantitative estimate of drug-likeness (QED) is 0.415. The number of fused-ring (bicyclic) bond motifs is 2. The predicted octanol–water partition coefficient (Wildman–Crippen LogP) is 5.18. The molecular formula is C23H20ClN3O2S. The van der Waals surface area contributed by atoms with Crippen molar-refractivity contribution in [3.8, 4) is 0 Å². The van der Waals surface area contributed by atoms with Crippen molar-refractivity contribution in [3.63, 3.8) is 0 Å². The first-order chi connectivity index (χ1) is 14.5. The molecule has 0 radical (unpaired) electrons. The van der Waals surface area contributed by atoms with Gasteiger partial charge < -0.3 is 9.47 Å². The highest BCUT2D eigenvalue weighted by atomic mass is 35.5. The summed E-state index contributed by atoms with van der Waals surface area (Å²) >= 11 is 7.54. The number of thiazole rings is 1. The number of piperidine rings is 1. The minimum absolute atomic E-state index is 0.00397. The van der Waals surface area contributed by atoms with Crippen LogP contribution in [0.25, 0.3) is 21.1 Å². The molecule has 0 spiro atoms. The van der Waals surface area contributed by atoms with Crippen LogP contribution in [0.3, 0.4) is 0 Å². The second-order valence-electron chi connectivity index (χ2n) is 7.71. The van der Waals surface area contributed by atoms with Crippen LogP contribution in [-0.4, -0.2) is 39.2 Å². The van der Waals surface area contributed by atoms with Crippen molar-refractivity contribution < 1.29 is 9.59 Å². The third-order valence-corrected chi connectivity index (χ3v) is 7.17. The maximum Gasteiger partial charge on any atom is 0.270 e. The first-order valence-electron chi connectivity index (χ1n) is 9.95. The van der Waals surface area contributed by atoms with Gasteiger partial charge in [0.05, 0.1) is 10.2 Å². The van der Waals surface area contributed by atoms with Crippen LogP contribution >= 0.6 is 22.9 Å². The van der Waals surface area contributed by atoms with Crippen molar-refractivity contribution in [1.82, 2.24) is 14.5 Å². The normalized spacial score (nSPS) is 15.2. The number of amides is 1. The minimum atomic E-state index is -0.0825. The fraction of sp³-hybridized carbons (Fsp3) is 0.261. The third kappa shape index (κ3) is 3.30. The van der Waals surface area contributed by atoms with Gasteiger partial charge in [0, 0.05) is 42.0 Å². The Morgan fingerprint density at radius 2 is 1.87 bits per heavy atom. The van der Waals surface area contributed by atoms with Crippen LogP contribution in [0, 0.1) is 5.92 Å². The molecule has 1 fully saturated rings. The van der Waals surface area contributed by atoms with Gasteiger partial charge in [-0.2, -0.15) is 0 Å². The maximum absolute atomic E-state index is 13.1. The van der Waals surface area contributed by atoms with E-state index in [1.165, 1.54) is 11.3 Å². The van der Waals surface area contributed by atoms with E-state index in [9.17, 15) is 9.59 Å². The van der Waals surface area contributed by atoms with Gasteiger partial charge in [-0.3, -0.25) is 9.59 Å². The number of likely N-dealkylation sites (tertiary alicyclic amines) is 1. The molecule has 0 aliphatic carbocycles. The second kappa shape index (κ2) is 7.52. The highest BCUT2D eigenvalue weighted by Gasteiger charge is 2.31. The Hall–Kier alpha value is -2.70. The van der Waals surface area contributed by atoms with Crippen molar-refractivity contribution in [3.05, 3.63) is 64.3 Å². The molecule has 2 aromatic heterocycles. The highest BCUT2D eigenvalue weighted by molar-refractivity contribution is 7.20. The Morgan fingerprint density at radius 1 is 1.10 bits per heavy atom. The lowest BCUT2D eigenvalue weighted by molar-refractivity contribution is 0.0643. The van der Waals surface area contributed by atoms with Gasteiger partial charge in [0.15, 0.2) is 10.8 Å². The molecule has 1 saturated heterocycles. The monoisotopic (exact) mass is 437 g/mol. The molecule has 0 bridgehead atoms. The number of Topliss-reactive ketones (excluding diaryl/α,β-unsaturated/α-hetero) is 1. The fourth-order valence-electron chi connectivity index (χ4n) is 4.18. The van der Waals surface area contributed by atoms with Gasteiger partial charge in [0.25, 0.3) is 5.91 Å². The molecule has 0 N–H and O–H groups in total. The van der Waals surface area contributed by atoms with E-state index in [0.29, 0.717) is 41.7 Å². The zero-order chi connectivity index (χ0) is 20.8. The molecule has 3 heterocycles. The van der Waals surface area contributed by atoms with Gasteiger partial charge >= 0.3 is 0 Å². The van der Waals surface area contributed by atoms with Crippen LogP contribution in [0.1, 0.15) is 33.1 Å². The lowest BCUT2D eigenvalue weighted by Crippen LogP contribution is -2.40. The summed E-state index contributed by atoms with van der Waals surface area (Å²) in [6.45, 7) is 1.14. The summed E-state index contributed by atoms with van der Waals surface area (Å²) in [6, 6.07) is 15.3. The number of benzene rings is 2. The number of hydrogen-bond acceptors (Lipinski definition) is 4. The maximum atomic E-state index is 13.1. The highest BCUT2D eigenvalue weighted by Crippen LogP contribution is 2.29. The molecule has 5 nitrogen and oxygen atoms in total. The molecular weight excluding hydrogens is 418 g/mol. The molecule has 30 heavy (non-hydrogen) atoms. The number of nitrogens with zero attached hydrogens (tertiary/aromatic N) is 3. The number of ketones is 1. The Kier molecular flexibility index (Phi) is 4.83. The zero-order valence-electron chi connectivity index (χ0n) is 16.5. The summed E-state index contributed by atoms with van der Waals surface area (Å²) in [5.41, 5.74) is 2.49. The number of carbonyl (C=O) groups is 2. The van der Waals surface area contributed by atoms with E-state index in [1.807, 2.05) is 65.0 Å². The van der Waals surface area contributed by atoms with Crippen LogP contribution in [-0.2, 0) is 7.05 Å². The zero-order valence-corrected chi connectivity index (χ0v) is 18.0. The average molecular weight is 438 g/mol. The predicted molar refractivity (Wildman–Crippen MR) is 121 cm³/mol. The average Bonchev–Trinajstić information content (AvgIpc) is 3.34. The van der Waals surface area contributed by atoms with Gasteiger partial charge in [0.1, 0.15) is 5.69 Å². The first kappa shape index (κ1) is 19.3. The summed E-state index contributed by atoms with van der Waals surface area (Å²) in [7, 11) is 1.90. The summed E-state index contributed by atoms with van der Waals surface area (Å²) in [5, 5.41) is 2.18. The minimum Gasteiger partial charge on any atom is -0.340 e. The molecule has 1 amide bonds. The van der Waals surface area contributed by atoms with Crippen molar-refractivity contribution in [2.24, 2.45) is 13.0 Å². The lowest BCUT2D eigenvalue weighted by Gasteiger charge is -2.31. The summed E-state index contributed by atoms with van der Waals surface area (Å²) in [5.74, 6) is 0.0131. The fourth-order valence-corrected chi connectivity index (χ4v) is 5.35. The number of aryl methyl sites for hydroxylation is 1. The SMILES string of the molecule is Cn1c(C(=O)N2CCC(C(=O)c3nc4ccccc4s3)CC2)cc2cc(Cl)ccc21. The van der Waals surface area contributed by atoms with Gasteiger partial charge in [0.2, 0.25) is 0 Å². The van der Waals surface area contributed by atoms with Gasteiger partial charge in [-0.15, -0.1) is 11.3 Å². The standard InChI is InChI=1S/C23H20ClN3O2S/c1-26-18-7-6-16(24)12-15(18)13-19(26)23(29)27-10-8-14(9-11-27)21(28)22-25-17-4-2-3-5-20(17)30-22/h2-7,12-14H,8-11H2,1H3. The molecule has 2 aromatic carbocycles. The third-order valence-electron chi connectivity index (χ3n) is 5.88. The van der Waals surface area contributed by atoms with Crippen LogP contribution in [0.5, 0.6) is 0 Å². The van der Waals surface area contributed by atoms with Gasteiger partial charge in [-0.1, -0.05) is 23.7 Å². The molecule has 1 aliphatic rings. The van der Waals surface area contributed by atoms with Crippen LogP contribution in [0.4, 0.5) is 0 Å². The Labute approximate surface area is 182 Å². The van der Waals surface area contributed by atoms with Crippen molar-refractivity contribution >= 4 is 55.7 Å². The summed E-state index contributed by atoms with van der Waals surface area (Å²) in [6.07, 6.45) is 1.33. The van der Waals surface area contributed by atoms with E-state index < -0.39 is 0 Å². The molecule has 0 atom stereocenters. The topological polar surface area (TPSA) is 55.2 Å². The Morgan fingerprint density at radius 3 is 2.63 bits per heavy atom. The Bertz CT molecular complexity index is 1250. The lowest BCUT2D eigenvalue weighted by atomic mass is 9.92. The molecule has 0 saturated carbocycles. The summed E-state index contributed by atoms with van der Waals surface area (Å²) in [4.78, 5) is 32.4. The van der Waals surface area contributed by atoms with Crippen molar-refractivity contribution in [1.29, 1.82) is 0 Å².